The largest absolute Gasteiger partial charge is 0.456 e. The summed E-state index contributed by atoms with van der Waals surface area (Å²) in [6.07, 6.45) is 0. The molecule has 0 saturated carbocycles. The fraction of sp³-hybridized carbons (Fsp3) is 0. The standard InChI is InChI=1S/C56H35NO2/c1-2-11-37(12-3-1)44-18-8-14-40-15-9-19-45(54(40)44)39-25-31-43(32-26-39)57(50-20-10-22-52-55(50)49-34-27-38-13-4-5-16-46(38)56(49)59-52)42-29-23-36(24-30-42)41-28-33-48-47-17-6-7-21-51(47)58-53(48)35-41/h1-35H. The summed E-state index contributed by atoms with van der Waals surface area (Å²) in [6, 6.07) is 75.7. The predicted octanol–water partition coefficient (Wildman–Crippen LogP) is 16.3. The van der Waals surface area contributed by atoms with Gasteiger partial charge in [0.15, 0.2) is 0 Å². The summed E-state index contributed by atoms with van der Waals surface area (Å²) >= 11 is 0. The third kappa shape index (κ3) is 5.44. The molecule has 2 heterocycles. The molecule has 0 unspecified atom stereocenters. The molecule has 2 aromatic heterocycles. The van der Waals surface area contributed by atoms with Crippen LogP contribution in [0.15, 0.2) is 221 Å². The molecule has 0 N–H and O–H groups in total. The minimum atomic E-state index is 0.857. The van der Waals surface area contributed by atoms with Crippen molar-refractivity contribution in [2.24, 2.45) is 0 Å². The molecule has 0 atom stereocenters. The Morgan fingerprint density at radius 1 is 0.305 bits per heavy atom. The lowest BCUT2D eigenvalue weighted by Crippen LogP contribution is -2.10. The van der Waals surface area contributed by atoms with Crippen molar-refractivity contribution < 1.29 is 8.83 Å². The zero-order valence-corrected chi connectivity index (χ0v) is 32.0. The molecular weight excluding hydrogens is 719 g/mol. The van der Waals surface area contributed by atoms with Crippen LogP contribution in [-0.4, -0.2) is 0 Å². The lowest BCUT2D eigenvalue weighted by atomic mass is 9.91. The number of hydrogen-bond donors (Lipinski definition) is 0. The first-order valence-corrected chi connectivity index (χ1v) is 20.1. The van der Waals surface area contributed by atoms with E-state index >= 15 is 0 Å². The Kier molecular flexibility index (Phi) is 7.54. The molecule has 0 aliphatic carbocycles. The molecule has 3 nitrogen and oxygen atoms in total. The molecule has 3 heteroatoms. The molecule has 276 valence electrons. The van der Waals surface area contributed by atoms with Gasteiger partial charge in [0.25, 0.3) is 0 Å². The minimum Gasteiger partial charge on any atom is -0.456 e. The molecule has 10 aromatic carbocycles. The van der Waals surface area contributed by atoms with E-state index in [9.17, 15) is 0 Å². The summed E-state index contributed by atoms with van der Waals surface area (Å²) in [5.74, 6) is 0. The van der Waals surface area contributed by atoms with Crippen LogP contribution in [0.2, 0.25) is 0 Å². The van der Waals surface area contributed by atoms with Gasteiger partial charge in [-0.3, -0.25) is 0 Å². The van der Waals surface area contributed by atoms with Gasteiger partial charge in [-0.05, 0) is 110 Å². The third-order valence-electron chi connectivity index (χ3n) is 11.9. The molecule has 0 bridgehead atoms. The van der Waals surface area contributed by atoms with Gasteiger partial charge in [0, 0.05) is 32.9 Å². The van der Waals surface area contributed by atoms with Crippen molar-refractivity contribution in [1.29, 1.82) is 0 Å². The smallest absolute Gasteiger partial charge is 0.143 e. The number of para-hydroxylation sites is 1. The Morgan fingerprint density at radius 3 is 1.66 bits per heavy atom. The molecule has 59 heavy (non-hydrogen) atoms. The lowest BCUT2D eigenvalue weighted by Gasteiger charge is -2.27. The molecule has 0 fully saturated rings. The molecule has 0 aliphatic heterocycles. The van der Waals surface area contributed by atoms with Gasteiger partial charge in [-0.1, -0.05) is 152 Å². The van der Waals surface area contributed by atoms with Crippen LogP contribution in [0, 0.1) is 0 Å². The van der Waals surface area contributed by atoms with Crippen molar-refractivity contribution in [2.75, 3.05) is 4.90 Å². The zero-order chi connectivity index (χ0) is 38.9. The SMILES string of the molecule is c1ccc(-c2cccc3cccc(-c4ccc(N(c5ccc(-c6ccc7c(c6)oc6ccccc67)cc5)c5cccc6oc7c8ccccc8ccc7c56)cc4)c23)cc1. The maximum Gasteiger partial charge on any atom is 0.143 e. The highest BCUT2D eigenvalue weighted by atomic mass is 16.3. The molecule has 0 spiro atoms. The second kappa shape index (κ2) is 13.4. The van der Waals surface area contributed by atoms with Crippen LogP contribution in [-0.2, 0) is 0 Å². The van der Waals surface area contributed by atoms with Crippen LogP contribution in [0.4, 0.5) is 17.1 Å². The van der Waals surface area contributed by atoms with E-state index in [4.69, 9.17) is 8.83 Å². The Morgan fingerprint density at radius 2 is 0.881 bits per heavy atom. The van der Waals surface area contributed by atoms with Crippen molar-refractivity contribution in [3.05, 3.63) is 212 Å². The number of hydrogen-bond acceptors (Lipinski definition) is 3. The maximum absolute atomic E-state index is 6.69. The van der Waals surface area contributed by atoms with Gasteiger partial charge in [0.2, 0.25) is 0 Å². The van der Waals surface area contributed by atoms with Crippen molar-refractivity contribution in [2.45, 2.75) is 0 Å². The van der Waals surface area contributed by atoms with E-state index in [0.717, 1.165) is 88.4 Å². The number of furan rings is 2. The maximum atomic E-state index is 6.69. The number of benzene rings is 10. The topological polar surface area (TPSA) is 29.5 Å². The molecule has 0 amide bonds. The molecular formula is C56H35NO2. The quantitative estimate of drug-likeness (QED) is 0.169. The predicted molar refractivity (Wildman–Crippen MR) is 247 cm³/mol. The minimum absolute atomic E-state index is 0.857. The molecule has 0 aliphatic rings. The van der Waals surface area contributed by atoms with Gasteiger partial charge >= 0.3 is 0 Å². The molecule has 0 saturated heterocycles. The van der Waals surface area contributed by atoms with Gasteiger partial charge in [0.05, 0.1) is 11.1 Å². The second-order valence-electron chi connectivity index (χ2n) is 15.2. The molecule has 12 rings (SSSR count). The van der Waals surface area contributed by atoms with Gasteiger partial charge in [0.1, 0.15) is 22.3 Å². The highest BCUT2D eigenvalue weighted by Crippen LogP contribution is 2.46. The lowest BCUT2D eigenvalue weighted by molar-refractivity contribution is 0.669. The summed E-state index contributed by atoms with van der Waals surface area (Å²) < 4.78 is 13.0. The van der Waals surface area contributed by atoms with Crippen LogP contribution < -0.4 is 4.90 Å². The van der Waals surface area contributed by atoms with Crippen molar-refractivity contribution in [3.63, 3.8) is 0 Å². The number of nitrogens with zero attached hydrogens (tertiary/aromatic N) is 1. The number of rotatable bonds is 6. The average Bonchev–Trinajstić information content (AvgIpc) is 3.88. The Balaban J connectivity index is 1.01. The van der Waals surface area contributed by atoms with E-state index in [0.29, 0.717) is 0 Å². The van der Waals surface area contributed by atoms with Crippen LogP contribution in [0.1, 0.15) is 0 Å². The van der Waals surface area contributed by atoms with Crippen molar-refractivity contribution in [1.82, 2.24) is 0 Å². The van der Waals surface area contributed by atoms with E-state index in [1.807, 2.05) is 12.1 Å². The van der Waals surface area contributed by atoms with Crippen LogP contribution in [0.5, 0.6) is 0 Å². The molecule has 0 radical (unpaired) electrons. The first-order chi connectivity index (χ1) is 29.2. The monoisotopic (exact) mass is 753 g/mol. The summed E-state index contributed by atoms with van der Waals surface area (Å²) in [4.78, 5) is 2.36. The zero-order valence-electron chi connectivity index (χ0n) is 32.0. The van der Waals surface area contributed by atoms with E-state index in [1.165, 1.54) is 27.5 Å². The van der Waals surface area contributed by atoms with Crippen molar-refractivity contribution in [3.8, 4) is 33.4 Å². The summed E-state index contributed by atoms with van der Waals surface area (Å²) in [5, 5.41) is 9.19. The van der Waals surface area contributed by atoms with Crippen LogP contribution >= 0.6 is 0 Å². The summed E-state index contributed by atoms with van der Waals surface area (Å²) in [5.41, 5.74) is 13.8. The van der Waals surface area contributed by atoms with E-state index in [-0.39, 0.29) is 0 Å². The van der Waals surface area contributed by atoms with Crippen LogP contribution in [0.25, 0.3) is 98.8 Å². The first kappa shape index (κ1) is 33.3. The average molecular weight is 754 g/mol. The van der Waals surface area contributed by atoms with Crippen LogP contribution in [0.3, 0.4) is 0 Å². The third-order valence-corrected chi connectivity index (χ3v) is 11.9. The summed E-state index contributed by atoms with van der Waals surface area (Å²) in [7, 11) is 0. The summed E-state index contributed by atoms with van der Waals surface area (Å²) in [6.45, 7) is 0. The highest BCUT2D eigenvalue weighted by Gasteiger charge is 2.21. The number of anilines is 3. The first-order valence-electron chi connectivity index (χ1n) is 20.1. The Hall–Kier alpha value is -7.88. The Labute approximate surface area is 340 Å². The van der Waals surface area contributed by atoms with E-state index < -0.39 is 0 Å². The normalized spacial score (nSPS) is 11.7. The van der Waals surface area contributed by atoms with Crippen molar-refractivity contribution >= 4 is 82.5 Å². The highest BCUT2D eigenvalue weighted by molar-refractivity contribution is 6.19. The molecule has 12 aromatic rings. The van der Waals surface area contributed by atoms with Gasteiger partial charge in [-0.15, -0.1) is 0 Å². The van der Waals surface area contributed by atoms with E-state index in [2.05, 4.69) is 205 Å². The fourth-order valence-corrected chi connectivity index (χ4v) is 9.09. The van der Waals surface area contributed by atoms with Gasteiger partial charge < -0.3 is 13.7 Å². The van der Waals surface area contributed by atoms with E-state index in [1.54, 1.807) is 0 Å². The van der Waals surface area contributed by atoms with Gasteiger partial charge in [-0.25, -0.2) is 0 Å². The Bertz CT molecular complexity index is 3540. The number of fused-ring (bicyclic) bond motifs is 9. The fourth-order valence-electron chi connectivity index (χ4n) is 9.09. The second-order valence-corrected chi connectivity index (χ2v) is 15.2. The van der Waals surface area contributed by atoms with Gasteiger partial charge in [-0.2, -0.15) is 0 Å².